The van der Waals surface area contributed by atoms with Crippen LogP contribution in [0.2, 0.25) is 5.02 Å². The minimum Gasteiger partial charge on any atom is -0.469 e. The average Bonchev–Trinajstić information content (AvgIpc) is 3.00. The maximum atomic E-state index is 13.1. The molecule has 6 heteroatoms. The van der Waals surface area contributed by atoms with Crippen molar-refractivity contribution in [1.82, 2.24) is 9.13 Å². The summed E-state index contributed by atoms with van der Waals surface area (Å²) in [6, 6.07) is 15.5. The van der Waals surface area contributed by atoms with E-state index in [1.165, 1.54) is 7.11 Å². The number of ether oxygens (including phenoxy) is 1. The summed E-state index contributed by atoms with van der Waals surface area (Å²) in [5.74, 6) is -0.148. The molecular formula is C23H27ClN2O3. The molecule has 0 saturated heterocycles. The van der Waals surface area contributed by atoms with Gasteiger partial charge >= 0.3 is 11.7 Å². The second kappa shape index (κ2) is 10.3. The zero-order valence-electron chi connectivity index (χ0n) is 16.8. The lowest BCUT2D eigenvalue weighted by atomic mass is 10.1. The number of hydrogen-bond acceptors (Lipinski definition) is 3. The van der Waals surface area contributed by atoms with Gasteiger partial charge in [0.2, 0.25) is 0 Å². The monoisotopic (exact) mass is 414 g/mol. The van der Waals surface area contributed by atoms with Crippen molar-refractivity contribution in [3.8, 4) is 0 Å². The first kappa shape index (κ1) is 21.2. The predicted octanol–water partition coefficient (Wildman–Crippen LogP) is 5.02. The van der Waals surface area contributed by atoms with Crippen molar-refractivity contribution >= 4 is 28.6 Å². The van der Waals surface area contributed by atoms with Crippen molar-refractivity contribution in [1.29, 1.82) is 0 Å². The Hall–Kier alpha value is -2.53. The normalized spacial score (nSPS) is 11.1. The van der Waals surface area contributed by atoms with Crippen LogP contribution in [0.25, 0.3) is 11.0 Å². The van der Waals surface area contributed by atoms with E-state index in [1.807, 2.05) is 57.7 Å². The Kier molecular flexibility index (Phi) is 7.53. The molecule has 0 bridgehead atoms. The maximum Gasteiger partial charge on any atom is 0.329 e. The number of aromatic nitrogens is 2. The Balaban J connectivity index is 1.64. The molecule has 0 aliphatic rings. The van der Waals surface area contributed by atoms with Crippen LogP contribution >= 0.6 is 11.6 Å². The van der Waals surface area contributed by atoms with Gasteiger partial charge in [-0.05, 0) is 42.7 Å². The molecule has 154 valence electrons. The largest absolute Gasteiger partial charge is 0.469 e. The first-order chi connectivity index (χ1) is 14.1. The fourth-order valence-corrected chi connectivity index (χ4v) is 3.71. The number of nitrogens with zero attached hydrogens (tertiary/aromatic N) is 2. The van der Waals surface area contributed by atoms with E-state index < -0.39 is 0 Å². The molecule has 0 saturated carbocycles. The number of rotatable bonds is 10. The molecule has 3 rings (SSSR count). The molecule has 3 aromatic rings. The number of imidazole rings is 1. The van der Waals surface area contributed by atoms with Crippen molar-refractivity contribution in [2.75, 3.05) is 7.11 Å². The molecule has 0 spiro atoms. The molecule has 0 radical (unpaired) electrons. The van der Waals surface area contributed by atoms with Gasteiger partial charge in [0.25, 0.3) is 0 Å². The molecule has 0 N–H and O–H groups in total. The van der Waals surface area contributed by atoms with Gasteiger partial charge in [0.1, 0.15) is 0 Å². The molecular weight excluding hydrogens is 388 g/mol. The predicted molar refractivity (Wildman–Crippen MR) is 116 cm³/mol. The van der Waals surface area contributed by atoms with E-state index in [1.54, 1.807) is 0 Å². The number of carbonyl (C=O) groups excluding carboxylic acids is 1. The van der Waals surface area contributed by atoms with Gasteiger partial charge in [-0.25, -0.2) is 4.79 Å². The van der Waals surface area contributed by atoms with E-state index in [4.69, 9.17) is 11.6 Å². The number of unbranched alkanes of at least 4 members (excludes halogenated alkanes) is 4. The number of benzene rings is 2. The number of halogens is 1. The van der Waals surface area contributed by atoms with Crippen LogP contribution in [0.4, 0.5) is 0 Å². The maximum absolute atomic E-state index is 13.1. The molecule has 0 unspecified atom stereocenters. The lowest BCUT2D eigenvalue weighted by molar-refractivity contribution is -0.140. The molecule has 0 aliphatic heterocycles. The highest BCUT2D eigenvalue weighted by Gasteiger charge is 2.13. The summed E-state index contributed by atoms with van der Waals surface area (Å²) in [6.07, 6.45) is 5.36. The third kappa shape index (κ3) is 5.51. The zero-order chi connectivity index (χ0) is 20.6. The zero-order valence-corrected chi connectivity index (χ0v) is 17.5. The van der Waals surface area contributed by atoms with Gasteiger partial charge in [0, 0.05) is 18.0 Å². The number of fused-ring (bicyclic) bond motifs is 1. The summed E-state index contributed by atoms with van der Waals surface area (Å²) in [7, 11) is 1.42. The van der Waals surface area contributed by atoms with Gasteiger partial charge in [-0.3, -0.25) is 13.9 Å². The summed E-state index contributed by atoms with van der Waals surface area (Å²) in [4.78, 5) is 24.2. The lowest BCUT2D eigenvalue weighted by Gasteiger charge is -2.04. The fourth-order valence-electron chi connectivity index (χ4n) is 3.59. The van der Waals surface area contributed by atoms with Crippen molar-refractivity contribution in [2.45, 2.75) is 51.6 Å². The first-order valence-corrected chi connectivity index (χ1v) is 10.5. The van der Waals surface area contributed by atoms with Gasteiger partial charge in [-0.2, -0.15) is 0 Å². The topological polar surface area (TPSA) is 53.2 Å². The van der Waals surface area contributed by atoms with Crippen LogP contribution in [-0.4, -0.2) is 22.2 Å². The van der Waals surface area contributed by atoms with E-state index in [9.17, 15) is 9.59 Å². The van der Waals surface area contributed by atoms with E-state index in [0.717, 1.165) is 48.7 Å². The second-order valence-electron chi connectivity index (χ2n) is 7.23. The molecule has 29 heavy (non-hydrogen) atoms. The Morgan fingerprint density at radius 1 is 0.897 bits per heavy atom. The SMILES string of the molecule is COC(=O)CCCCCCCn1c(=O)n(Cc2ccc(Cl)cc2)c2ccccc21. The molecule has 0 aliphatic carbocycles. The van der Waals surface area contributed by atoms with Crippen LogP contribution in [0.5, 0.6) is 0 Å². The molecule has 1 aromatic heterocycles. The van der Waals surface area contributed by atoms with Crippen LogP contribution in [0.3, 0.4) is 0 Å². The van der Waals surface area contributed by atoms with Gasteiger partial charge in [-0.15, -0.1) is 0 Å². The number of methoxy groups -OCH3 is 1. The molecule has 0 atom stereocenters. The summed E-state index contributed by atoms with van der Waals surface area (Å²) in [5.41, 5.74) is 2.99. The molecule has 0 amide bonds. The van der Waals surface area contributed by atoms with E-state index >= 15 is 0 Å². The van der Waals surface area contributed by atoms with Crippen LogP contribution in [0.15, 0.2) is 53.3 Å². The summed E-state index contributed by atoms with van der Waals surface area (Å²) >= 11 is 5.98. The average molecular weight is 415 g/mol. The number of esters is 1. The van der Waals surface area contributed by atoms with Gasteiger partial charge in [0.15, 0.2) is 0 Å². The molecule has 2 aromatic carbocycles. The first-order valence-electron chi connectivity index (χ1n) is 10.1. The van der Waals surface area contributed by atoms with Crippen LogP contribution in [0.1, 0.15) is 44.1 Å². The molecule has 5 nitrogen and oxygen atoms in total. The standard InChI is InChI=1S/C23H27ClN2O3/c1-29-22(27)11-5-3-2-4-8-16-25-20-9-6-7-10-21(20)26(23(25)28)17-18-12-14-19(24)15-13-18/h6-7,9-10,12-15H,2-5,8,11,16-17H2,1H3. The summed E-state index contributed by atoms with van der Waals surface area (Å²) < 4.78 is 8.36. The van der Waals surface area contributed by atoms with Crippen molar-refractivity contribution in [2.24, 2.45) is 0 Å². The fraction of sp³-hybridized carbons (Fsp3) is 0.391. The van der Waals surface area contributed by atoms with Crippen molar-refractivity contribution in [3.05, 3.63) is 69.6 Å². The smallest absolute Gasteiger partial charge is 0.329 e. The van der Waals surface area contributed by atoms with Gasteiger partial charge in [0.05, 0.1) is 24.7 Å². The Morgan fingerprint density at radius 2 is 1.52 bits per heavy atom. The summed E-state index contributed by atoms with van der Waals surface area (Å²) in [6.45, 7) is 1.22. The van der Waals surface area contributed by atoms with E-state index in [-0.39, 0.29) is 11.7 Å². The van der Waals surface area contributed by atoms with E-state index in [0.29, 0.717) is 24.5 Å². The number of carbonyl (C=O) groups is 1. The molecule has 1 heterocycles. The highest BCUT2D eigenvalue weighted by molar-refractivity contribution is 6.30. The van der Waals surface area contributed by atoms with Gasteiger partial charge in [-0.1, -0.05) is 55.1 Å². The van der Waals surface area contributed by atoms with Crippen molar-refractivity contribution in [3.63, 3.8) is 0 Å². The highest BCUT2D eigenvalue weighted by Crippen LogP contribution is 2.17. The summed E-state index contributed by atoms with van der Waals surface area (Å²) in [5, 5.41) is 0.690. The minimum atomic E-state index is -0.148. The molecule has 0 fully saturated rings. The lowest BCUT2D eigenvalue weighted by Crippen LogP contribution is -2.24. The third-order valence-corrected chi connectivity index (χ3v) is 5.42. The second-order valence-corrected chi connectivity index (χ2v) is 7.67. The number of aryl methyl sites for hydroxylation is 1. The van der Waals surface area contributed by atoms with Crippen LogP contribution < -0.4 is 5.69 Å². The van der Waals surface area contributed by atoms with Crippen LogP contribution in [0, 0.1) is 0 Å². The van der Waals surface area contributed by atoms with Gasteiger partial charge < -0.3 is 4.74 Å². The van der Waals surface area contributed by atoms with Crippen LogP contribution in [-0.2, 0) is 22.6 Å². The Labute approximate surface area is 175 Å². The number of hydrogen-bond donors (Lipinski definition) is 0. The Morgan fingerprint density at radius 3 is 2.21 bits per heavy atom. The third-order valence-electron chi connectivity index (χ3n) is 5.17. The van der Waals surface area contributed by atoms with E-state index in [2.05, 4.69) is 4.74 Å². The number of para-hydroxylation sites is 2. The Bertz CT molecular complexity index is 1010. The minimum absolute atomic E-state index is 0.0202. The highest BCUT2D eigenvalue weighted by atomic mass is 35.5. The quantitative estimate of drug-likeness (QED) is 0.346. The van der Waals surface area contributed by atoms with Crippen molar-refractivity contribution < 1.29 is 9.53 Å².